The maximum absolute atomic E-state index is 12.1. The van der Waals surface area contributed by atoms with Crippen LogP contribution in [0.1, 0.15) is 54.1 Å². The van der Waals surface area contributed by atoms with Gasteiger partial charge in [0, 0.05) is 29.8 Å². The highest BCUT2D eigenvalue weighted by Gasteiger charge is 2.25. The third-order valence-corrected chi connectivity index (χ3v) is 6.33. The molecule has 0 saturated heterocycles. The number of primary amides is 1. The Bertz CT molecular complexity index is 1180. The summed E-state index contributed by atoms with van der Waals surface area (Å²) in [7, 11) is 0. The number of aromatic nitrogens is 2. The first-order valence-corrected chi connectivity index (χ1v) is 10.9. The van der Waals surface area contributed by atoms with Crippen molar-refractivity contribution in [2.75, 3.05) is 13.2 Å². The van der Waals surface area contributed by atoms with Gasteiger partial charge in [0.1, 0.15) is 12.4 Å². The van der Waals surface area contributed by atoms with Crippen molar-refractivity contribution in [1.29, 1.82) is 0 Å². The van der Waals surface area contributed by atoms with Crippen molar-refractivity contribution in [1.82, 2.24) is 9.55 Å². The van der Waals surface area contributed by atoms with E-state index in [1.165, 1.54) is 32.1 Å². The Morgan fingerprint density at radius 3 is 2.84 bits per heavy atom. The van der Waals surface area contributed by atoms with Crippen LogP contribution in [0.3, 0.4) is 0 Å². The maximum atomic E-state index is 12.1. The molecule has 1 aliphatic carbocycles. The van der Waals surface area contributed by atoms with E-state index in [-0.39, 0.29) is 13.2 Å². The number of benzene rings is 2. The molecule has 31 heavy (non-hydrogen) atoms. The highest BCUT2D eigenvalue weighted by molar-refractivity contribution is 6.04. The van der Waals surface area contributed by atoms with Gasteiger partial charge >= 0.3 is 0 Å². The summed E-state index contributed by atoms with van der Waals surface area (Å²) in [5.74, 6) is -0.170. The number of fused-ring (bicyclic) bond motifs is 2. The van der Waals surface area contributed by atoms with Crippen molar-refractivity contribution >= 4 is 28.8 Å². The molecule has 0 bridgehead atoms. The molecule has 3 aromatic rings. The zero-order chi connectivity index (χ0) is 21.4. The standard InChI is InChI=1S/C24H26N4O3/c25-24(30)22-17-8-9-26-23(17)18(13-21(22)31-11-10-29)15-6-7-20-19(12-15)27-14-28(20)16-4-2-1-3-5-16/h6-7,9,12-14,16,29H,1-5,8,10-11H2,(H2,25,30). The van der Waals surface area contributed by atoms with E-state index in [1.807, 2.05) is 6.33 Å². The smallest absolute Gasteiger partial charge is 0.252 e. The van der Waals surface area contributed by atoms with Gasteiger partial charge in [-0.15, -0.1) is 0 Å². The van der Waals surface area contributed by atoms with E-state index in [4.69, 9.17) is 10.5 Å². The fourth-order valence-electron chi connectivity index (χ4n) is 4.88. The number of aliphatic hydroxyl groups excluding tert-OH is 1. The van der Waals surface area contributed by atoms with Gasteiger partial charge in [0.05, 0.1) is 35.2 Å². The average molecular weight is 418 g/mol. The van der Waals surface area contributed by atoms with E-state index in [0.29, 0.717) is 23.8 Å². The Morgan fingerprint density at radius 1 is 1.23 bits per heavy atom. The molecule has 1 aromatic heterocycles. The first-order valence-electron chi connectivity index (χ1n) is 10.9. The summed E-state index contributed by atoms with van der Waals surface area (Å²) < 4.78 is 7.99. The molecule has 1 fully saturated rings. The van der Waals surface area contributed by atoms with Gasteiger partial charge in [0.2, 0.25) is 0 Å². The number of aliphatic imine (C=N–C) groups is 1. The number of hydrogen-bond acceptors (Lipinski definition) is 5. The maximum Gasteiger partial charge on any atom is 0.252 e. The van der Waals surface area contributed by atoms with E-state index in [9.17, 15) is 9.90 Å². The lowest BCUT2D eigenvalue weighted by Crippen LogP contribution is -2.17. The number of carbonyl (C=O) groups excluding carboxylic acids is 1. The second-order valence-electron chi connectivity index (χ2n) is 8.22. The van der Waals surface area contributed by atoms with Gasteiger partial charge in [0.25, 0.3) is 5.91 Å². The van der Waals surface area contributed by atoms with E-state index in [0.717, 1.165) is 33.4 Å². The summed E-state index contributed by atoms with van der Waals surface area (Å²) in [4.78, 5) is 21.3. The number of aliphatic hydroxyl groups is 1. The Balaban J connectivity index is 1.60. The molecule has 7 heteroatoms. The van der Waals surface area contributed by atoms with Gasteiger partial charge in [-0.1, -0.05) is 25.3 Å². The molecular weight excluding hydrogens is 392 g/mol. The largest absolute Gasteiger partial charge is 0.490 e. The van der Waals surface area contributed by atoms with Gasteiger partial charge in [-0.25, -0.2) is 4.98 Å². The minimum absolute atomic E-state index is 0.0875. The van der Waals surface area contributed by atoms with Crippen LogP contribution in [0, 0.1) is 0 Å². The highest BCUT2D eigenvalue weighted by atomic mass is 16.5. The highest BCUT2D eigenvalue weighted by Crippen LogP contribution is 2.43. The Labute approximate surface area is 180 Å². The first kappa shape index (κ1) is 19.8. The normalized spacial score (nSPS) is 16.0. The summed E-state index contributed by atoms with van der Waals surface area (Å²) in [6.07, 6.45) is 10.5. The van der Waals surface area contributed by atoms with Gasteiger partial charge in [-0.2, -0.15) is 0 Å². The monoisotopic (exact) mass is 418 g/mol. The average Bonchev–Trinajstić information content (AvgIpc) is 3.44. The quantitative estimate of drug-likeness (QED) is 0.633. The van der Waals surface area contributed by atoms with Gasteiger partial charge in [-0.05, 0) is 36.6 Å². The molecule has 5 rings (SSSR count). The third-order valence-electron chi connectivity index (χ3n) is 6.33. The van der Waals surface area contributed by atoms with Crippen molar-refractivity contribution in [3.8, 4) is 16.9 Å². The molecule has 1 saturated carbocycles. The number of nitrogens with zero attached hydrogens (tertiary/aromatic N) is 3. The van der Waals surface area contributed by atoms with E-state index < -0.39 is 5.91 Å². The van der Waals surface area contributed by atoms with Crippen molar-refractivity contribution in [3.63, 3.8) is 0 Å². The molecule has 160 valence electrons. The molecule has 2 heterocycles. The minimum Gasteiger partial charge on any atom is -0.490 e. The Morgan fingerprint density at radius 2 is 2.06 bits per heavy atom. The van der Waals surface area contributed by atoms with Crippen LogP contribution in [0.5, 0.6) is 5.75 Å². The number of ether oxygens (including phenoxy) is 1. The number of nitrogens with two attached hydrogens (primary N) is 1. The number of rotatable bonds is 6. The van der Waals surface area contributed by atoms with Crippen molar-refractivity contribution in [3.05, 3.63) is 41.7 Å². The molecule has 1 aliphatic heterocycles. The van der Waals surface area contributed by atoms with Crippen molar-refractivity contribution in [2.45, 2.75) is 44.6 Å². The predicted molar refractivity (Wildman–Crippen MR) is 120 cm³/mol. The lowest BCUT2D eigenvalue weighted by molar-refractivity contribution is 0.0994. The second-order valence-corrected chi connectivity index (χ2v) is 8.22. The molecule has 2 aromatic carbocycles. The molecule has 0 spiro atoms. The zero-order valence-electron chi connectivity index (χ0n) is 17.4. The van der Waals surface area contributed by atoms with Crippen LogP contribution in [-0.2, 0) is 6.42 Å². The molecule has 0 unspecified atom stereocenters. The van der Waals surface area contributed by atoms with Crippen LogP contribution in [0.4, 0.5) is 5.69 Å². The van der Waals surface area contributed by atoms with Crippen LogP contribution in [-0.4, -0.2) is 40.0 Å². The van der Waals surface area contributed by atoms with Gasteiger partial charge in [-0.3, -0.25) is 9.79 Å². The number of imidazole rings is 1. The molecule has 3 N–H and O–H groups in total. The molecule has 0 atom stereocenters. The fraction of sp³-hybridized carbons (Fsp3) is 0.375. The van der Waals surface area contributed by atoms with Crippen LogP contribution in [0.15, 0.2) is 35.6 Å². The summed E-state index contributed by atoms with van der Waals surface area (Å²) >= 11 is 0. The van der Waals surface area contributed by atoms with Gasteiger partial charge in [0.15, 0.2) is 0 Å². The van der Waals surface area contributed by atoms with E-state index in [1.54, 1.807) is 12.3 Å². The SMILES string of the molecule is NC(=O)c1c(OCCO)cc(-c2ccc3c(c2)ncn3C2CCCCC2)c2c1CC=N2. The van der Waals surface area contributed by atoms with E-state index in [2.05, 4.69) is 32.7 Å². The summed E-state index contributed by atoms with van der Waals surface area (Å²) in [5, 5.41) is 9.19. The van der Waals surface area contributed by atoms with Crippen molar-refractivity contribution in [2.24, 2.45) is 10.7 Å². The Hall–Kier alpha value is -3.19. The second kappa shape index (κ2) is 8.15. The summed E-state index contributed by atoms with van der Waals surface area (Å²) in [6.45, 7) is -0.0596. The number of hydrogen-bond donors (Lipinski definition) is 2. The number of carbonyl (C=O) groups is 1. The minimum atomic E-state index is -0.553. The van der Waals surface area contributed by atoms with Crippen LogP contribution < -0.4 is 10.5 Å². The lowest BCUT2D eigenvalue weighted by Gasteiger charge is -2.23. The van der Waals surface area contributed by atoms with Crippen molar-refractivity contribution < 1.29 is 14.6 Å². The fourth-order valence-corrected chi connectivity index (χ4v) is 4.88. The molecule has 1 amide bonds. The lowest BCUT2D eigenvalue weighted by atomic mass is 9.94. The van der Waals surface area contributed by atoms with Crippen LogP contribution in [0.25, 0.3) is 22.2 Å². The molecule has 7 nitrogen and oxygen atoms in total. The molecular formula is C24H26N4O3. The topological polar surface area (TPSA) is 103 Å². The third kappa shape index (κ3) is 3.49. The summed E-state index contributed by atoms with van der Waals surface area (Å²) in [5.41, 5.74) is 11.4. The van der Waals surface area contributed by atoms with Crippen LogP contribution >= 0.6 is 0 Å². The van der Waals surface area contributed by atoms with Crippen LogP contribution in [0.2, 0.25) is 0 Å². The zero-order valence-corrected chi connectivity index (χ0v) is 17.4. The molecule has 0 radical (unpaired) electrons. The van der Waals surface area contributed by atoms with E-state index >= 15 is 0 Å². The Kier molecular flexibility index (Phi) is 5.19. The number of amides is 1. The first-order chi connectivity index (χ1) is 15.2. The predicted octanol–water partition coefficient (Wildman–Crippen LogP) is 3.94. The molecule has 2 aliphatic rings. The van der Waals surface area contributed by atoms with Gasteiger partial charge < -0.3 is 20.1 Å². The summed E-state index contributed by atoms with van der Waals surface area (Å²) in [6, 6.07) is 8.58.